The standard InChI is InChI=1S/C25H28N4O3S/c1-18-16-19(17-24(26-18)29-11-15-33-29)25(30)27-22-6-7-23(21-5-3-2-4-20(21)22)32-14-10-28-8-12-31-13-9-28/h2-7,16-17H,8-15H2,1H3,(H,27,30). The molecule has 172 valence electrons. The molecule has 3 heterocycles. The Hall–Kier alpha value is -2.81. The number of carbonyl (C=O) groups excluding carboxylic acids is 1. The highest BCUT2D eigenvalue weighted by molar-refractivity contribution is 8.02. The quantitative estimate of drug-likeness (QED) is 0.531. The van der Waals surface area contributed by atoms with Gasteiger partial charge in [-0.25, -0.2) is 4.98 Å². The van der Waals surface area contributed by atoms with E-state index in [1.807, 2.05) is 55.5 Å². The van der Waals surface area contributed by atoms with Gasteiger partial charge in [-0.15, -0.1) is 0 Å². The summed E-state index contributed by atoms with van der Waals surface area (Å²) in [6.07, 6.45) is 0. The van der Waals surface area contributed by atoms with Gasteiger partial charge in [0, 0.05) is 59.6 Å². The molecule has 8 heteroatoms. The minimum absolute atomic E-state index is 0.140. The molecular formula is C25H28N4O3S. The summed E-state index contributed by atoms with van der Waals surface area (Å²) in [5, 5.41) is 5.04. The van der Waals surface area contributed by atoms with Gasteiger partial charge in [-0.2, -0.15) is 0 Å². The van der Waals surface area contributed by atoms with Gasteiger partial charge in [0.1, 0.15) is 18.2 Å². The summed E-state index contributed by atoms with van der Waals surface area (Å²) in [5.41, 5.74) is 2.21. The van der Waals surface area contributed by atoms with Crippen LogP contribution in [0.1, 0.15) is 16.1 Å². The Labute approximate surface area is 198 Å². The maximum atomic E-state index is 13.1. The molecule has 0 radical (unpaired) electrons. The summed E-state index contributed by atoms with van der Waals surface area (Å²) < 4.78 is 13.7. The number of carbonyl (C=O) groups is 1. The van der Waals surface area contributed by atoms with E-state index in [9.17, 15) is 4.79 Å². The van der Waals surface area contributed by atoms with Gasteiger partial charge in [0.05, 0.1) is 13.2 Å². The first kappa shape index (κ1) is 22.0. The topological polar surface area (TPSA) is 66.9 Å². The van der Waals surface area contributed by atoms with E-state index in [0.29, 0.717) is 12.2 Å². The minimum Gasteiger partial charge on any atom is -0.492 e. The Morgan fingerprint density at radius 2 is 1.91 bits per heavy atom. The van der Waals surface area contributed by atoms with Crippen LogP contribution in [0.2, 0.25) is 0 Å². The zero-order chi connectivity index (χ0) is 22.6. The van der Waals surface area contributed by atoms with Crippen LogP contribution in [-0.4, -0.2) is 67.5 Å². The van der Waals surface area contributed by atoms with Crippen molar-refractivity contribution in [3.8, 4) is 5.75 Å². The number of ether oxygens (including phenoxy) is 2. The molecule has 0 saturated carbocycles. The highest BCUT2D eigenvalue weighted by Crippen LogP contribution is 2.33. The lowest BCUT2D eigenvalue weighted by atomic mass is 10.1. The van der Waals surface area contributed by atoms with E-state index in [1.165, 1.54) is 0 Å². The normalized spacial score (nSPS) is 16.5. The fourth-order valence-electron chi connectivity index (χ4n) is 4.08. The number of nitrogens with zero attached hydrogens (tertiary/aromatic N) is 3. The number of rotatable bonds is 7. The number of aryl methyl sites for hydroxylation is 1. The van der Waals surface area contributed by atoms with Crippen molar-refractivity contribution in [1.29, 1.82) is 0 Å². The monoisotopic (exact) mass is 464 g/mol. The third kappa shape index (κ3) is 5.08. The lowest BCUT2D eigenvalue weighted by molar-refractivity contribution is 0.0323. The Kier molecular flexibility index (Phi) is 6.66. The number of fused-ring (bicyclic) bond motifs is 1. The SMILES string of the molecule is Cc1cc(C(=O)Nc2ccc(OCCN3CCOCC3)c3ccccc23)cc(N2CCS2)n1. The molecule has 2 fully saturated rings. The van der Waals surface area contributed by atoms with Crippen LogP contribution < -0.4 is 14.4 Å². The van der Waals surface area contributed by atoms with E-state index in [4.69, 9.17) is 9.47 Å². The highest BCUT2D eigenvalue weighted by Gasteiger charge is 2.20. The molecule has 0 spiro atoms. The Morgan fingerprint density at radius 3 is 2.67 bits per heavy atom. The van der Waals surface area contributed by atoms with Gasteiger partial charge >= 0.3 is 0 Å². The zero-order valence-electron chi connectivity index (χ0n) is 18.8. The first-order valence-corrected chi connectivity index (χ1v) is 12.3. The second kappa shape index (κ2) is 9.99. The molecule has 1 N–H and O–H groups in total. The maximum Gasteiger partial charge on any atom is 0.255 e. The van der Waals surface area contributed by atoms with Crippen LogP contribution in [0.4, 0.5) is 11.5 Å². The predicted molar refractivity (Wildman–Crippen MR) is 133 cm³/mol. The molecule has 2 aliphatic rings. The lowest BCUT2D eigenvalue weighted by Crippen LogP contribution is -2.38. The summed E-state index contributed by atoms with van der Waals surface area (Å²) in [6, 6.07) is 15.6. The average Bonchev–Trinajstić information content (AvgIpc) is 2.79. The van der Waals surface area contributed by atoms with Gasteiger partial charge < -0.3 is 14.8 Å². The van der Waals surface area contributed by atoms with E-state index < -0.39 is 0 Å². The molecule has 0 bridgehead atoms. The van der Waals surface area contributed by atoms with Crippen molar-refractivity contribution in [3.05, 3.63) is 59.8 Å². The van der Waals surface area contributed by atoms with Gasteiger partial charge in [-0.1, -0.05) is 24.3 Å². The first-order valence-electron chi connectivity index (χ1n) is 11.3. The van der Waals surface area contributed by atoms with Crippen LogP contribution >= 0.6 is 11.9 Å². The third-order valence-corrected chi connectivity index (χ3v) is 6.95. The summed E-state index contributed by atoms with van der Waals surface area (Å²) in [7, 11) is 0. The smallest absolute Gasteiger partial charge is 0.255 e. The van der Waals surface area contributed by atoms with Crippen molar-refractivity contribution in [2.45, 2.75) is 6.92 Å². The van der Waals surface area contributed by atoms with Crippen molar-refractivity contribution in [1.82, 2.24) is 9.88 Å². The molecule has 0 unspecified atom stereocenters. The van der Waals surface area contributed by atoms with Crippen molar-refractivity contribution < 1.29 is 14.3 Å². The summed E-state index contributed by atoms with van der Waals surface area (Å²) >= 11 is 1.73. The van der Waals surface area contributed by atoms with E-state index in [-0.39, 0.29) is 5.91 Å². The van der Waals surface area contributed by atoms with E-state index in [2.05, 4.69) is 19.5 Å². The van der Waals surface area contributed by atoms with Crippen molar-refractivity contribution in [2.24, 2.45) is 0 Å². The number of pyridine rings is 1. The minimum atomic E-state index is -0.140. The number of morpholine rings is 1. The highest BCUT2D eigenvalue weighted by atomic mass is 32.2. The average molecular weight is 465 g/mol. The Balaban J connectivity index is 1.32. The lowest BCUT2D eigenvalue weighted by Gasteiger charge is -2.30. The predicted octanol–water partition coefficient (Wildman–Crippen LogP) is 3.97. The fourth-order valence-corrected chi connectivity index (χ4v) is 4.67. The molecule has 0 aliphatic carbocycles. The van der Waals surface area contributed by atoms with E-state index in [1.54, 1.807) is 11.9 Å². The Morgan fingerprint density at radius 1 is 1.12 bits per heavy atom. The van der Waals surface area contributed by atoms with Crippen molar-refractivity contribution >= 4 is 40.1 Å². The van der Waals surface area contributed by atoms with Crippen LogP contribution in [0, 0.1) is 6.92 Å². The van der Waals surface area contributed by atoms with Gasteiger partial charge in [0.25, 0.3) is 5.91 Å². The van der Waals surface area contributed by atoms with Crippen LogP contribution in [0.25, 0.3) is 10.8 Å². The van der Waals surface area contributed by atoms with E-state index >= 15 is 0 Å². The second-order valence-electron chi connectivity index (χ2n) is 8.20. The number of hydrogen-bond acceptors (Lipinski definition) is 7. The Bertz CT molecular complexity index is 1150. The van der Waals surface area contributed by atoms with Gasteiger partial charge in [0.15, 0.2) is 0 Å². The molecule has 2 saturated heterocycles. The van der Waals surface area contributed by atoms with Crippen LogP contribution in [-0.2, 0) is 4.74 Å². The summed E-state index contributed by atoms with van der Waals surface area (Å²) in [6.45, 7) is 7.82. The zero-order valence-corrected chi connectivity index (χ0v) is 19.6. The largest absolute Gasteiger partial charge is 0.492 e. The molecule has 0 atom stereocenters. The number of benzene rings is 2. The van der Waals surface area contributed by atoms with Gasteiger partial charge in [-0.3, -0.25) is 14.0 Å². The summed E-state index contributed by atoms with van der Waals surface area (Å²) in [5.74, 6) is 2.61. The molecular weight excluding hydrogens is 436 g/mol. The molecule has 2 aliphatic heterocycles. The number of anilines is 2. The van der Waals surface area contributed by atoms with Crippen LogP contribution in [0.15, 0.2) is 48.5 Å². The second-order valence-corrected chi connectivity index (χ2v) is 9.31. The fraction of sp³-hybridized carbons (Fsp3) is 0.360. The molecule has 1 amide bonds. The number of aromatic nitrogens is 1. The van der Waals surface area contributed by atoms with E-state index in [0.717, 1.165) is 78.9 Å². The molecule has 1 aromatic heterocycles. The number of nitrogens with one attached hydrogen (secondary N) is 1. The molecule has 2 aromatic carbocycles. The molecule has 3 aromatic rings. The van der Waals surface area contributed by atoms with Gasteiger partial charge in [-0.05, 0) is 43.1 Å². The number of amides is 1. The van der Waals surface area contributed by atoms with Crippen molar-refractivity contribution in [2.75, 3.05) is 61.4 Å². The van der Waals surface area contributed by atoms with Crippen LogP contribution in [0.5, 0.6) is 5.75 Å². The molecule has 33 heavy (non-hydrogen) atoms. The van der Waals surface area contributed by atoms with Gasteiger partial charge in [0.2, 0.25) is 0 Å². The van der Waals surface area contributed by atoms with Crippen LogP contribution in [0.3, 0.4) is 0 Å². The molecule has 7 nitrogen and oxygen atoms in total. The summed E-state index contributed by atoms with van der Waals surface area (Å²) in [4.78, 5) is 20.0. The third-order valence-electron chi connectivity index (χ3n) is 5.90. The first-order chi connectivity index (χ1) is 16.2. The van der Waals surface area contributed by atoms with Crippen molar-refractivity contribution in [3.63, 3.8) is 0 Å². The maximum absolute atomic E-state index is 13.1. The number of hydrogen-bond donors (Lipinski definition) is 1. The molecule has 5 rings (SSSR count).